The molecule has 0 aromatic heterocycles. The van der Waals surface area contributed by atoms with E-state index in [2.05, 4.69) is 31.3 Å². The van der Waals surface area contributed by atoms with Crippen LogP contribution in [-0.4, -0.2) is 30.4 Å². The third-order valence-electron chi connectivity index (χ3n) is 4.04. The molecule has 0 saturated heterocycles. The Balaban J connectivity index is 2.18. The van der Waals surface area contributed by atoms with Crippen molar-refractivity contribution in [1.29, 1.82) is 0 Å². The summed E-state index contributed by atoms with van der Waals surface area (Å²) in [4.78, 5) is 14.5. The van der Waals surface area contributed by atoms with Gasteiger partial charge in [-0.25, -0.2) is 0 Å². The fraction of sp³-hybridized carbons (Fsp3) is 0.562. The zero-order valence-corrected chi connectivity index (χ0v) is 12.4. The van der Waals surface area contributed by atoms with E-state index < -0.39 is 0 Å². The number of hydrogen-bond donors (Lipinski definition) is 1. The predicted octanol–water partition coefficient (Wildman–Crippen LogP) is 2.66. The van der Waals surface area contributed by atoms with Crippen LogP contribution in [0.2, 0.25) is 0 Å². The number of amides is 1. The third kappa shape index (κ3) is 3.16. The number of benzene rings is 1. The first-order chi connectivity index (χ1) is 8.97. The van der Waals surface area contributed by atoms with E-state index in [9.17, 15) is 4.79 Å². The van der Waals surface area contributed by atoms with Crippen molar-refractivity contribution < 1.29 is 4.79 Å². The van der Waals surface area contributed by atoms with Crippen LogP contribution in [-0.2, 0) is 4.79 Å². The molecule has 0 heterocycles. The molecule has 1 aromatic carbocycles. The van der Waals surface area contributed by atoms with Crippen LogP contribution in [0, 0.1) is 6.92 Å². The monoisotopic (exact) mass is 260 g/mol. The van der Waals surface area contributed by atoms with Crippen LogP contribution in [0.4, 0.5) is 0 Å². The fourth-order valence-electron chi connectivity index (χ4n) is 2.57. The van der Waals surface area contributed by atoms with Crippen LogP contribution in [0.1, 0.15) is 43.4 Å². The number of carbonyl (C=O) groups is 1. The van der Waals surface area contributed by atoms with E-state index in [0.29, 0.717) is 0 Å². The molecule has 0 radical (unpaired) electrons. The van der Waals surface area contributed by atoms with Gasteiger partial charge in [0.05, 0.1) is 0 Å². The van der Waals surface area contributed by atoms with Gasteiger partial charge in [-0.2, -0.15) is 0 Å². The average molecular weight is 260 g/mol. The Morgan fingerprint density at radius 1 is 1.42 bits per heavy atom. The Labute approximate surface area is 116 Å². The second-order valence-corrected chi connectivity index (χ2v) is 5.90. The Morgan fingerprint density at radius 2 is 2.11 bits per heavy atom. The highest BCUT2D eigenvalue weighted by atomic mass is 16.2. The topological polar surface area (TPSA) is 32.3 Å². The minimum atomic E-state index is -0.205. The van der Waals surface area contributed by atoms with Gasteiger partial charge in [-0.1, -0.05) is 36.8 Å². The summed E-state index contributed by atoms with van der Waals surface area (Å²) < 4.78 is 0. The molecule has 1 aromatic rings. The predicted molar refractivity (Wildman–Crippen MR) is 78.0 cm³/mol. The van der Waals surface area contributed by atoms with Crippen LogP contribution < -0.4 is 5.32 Å². The van der Waals surface area contributed by atoms with Crippen LogP contribution in [0.5, 0.6) is 0 Å². The van der Waals surface area contributed by atoms with E-state index in [1.807, 2.05) is 31.1 Å². The standard InChI is InChI=1S/C16H24N2O/c1-5-16(9-10-16)17-15(19)14(18(3)4)13-8-6-7-12(2)11-13/h6-8,11,14H,5,9-10H2,1-4H3,(H,17,19)/t14-/m1/s1. The number of aryl methyl sites for hydroxylation is 1. The molecule has 104 valence electrons. The molecular weight excluding hydrogens is 236 g/mol. The van der Waals surface area contributed by atoms with E-state index >= 15 is 0 Å². The lowest BCUT2D eigenvalue weighted by atomic mass is 10.0. The molecule has 3 nitrogen and oxygen atoms in total. The van der Waals surface area contributed by atoms with Gasteiger partial charge in [0.2, 0.25) is 5.91 Å². The van der Waals surface area contributed by atoms with E-state index in [1.54, 1.807) is 0 Å². The molecule has 1 amide bonds. The van der Waals surface area contributed by atoms with Gasteiger partial charge in [-0.15, -0.1) is 0 Å². The molecule has 1 N–H and O–H groups in total. The van der Waals surface area contributed by atoms with Crippen LogP contribution in [0.3, 0.4) is 0 Å². The van der Waals surface area contributed by atoms with Crippen molar-refractivity contribution in [3.8, 4) is 0 Å². The highest BCUT2D eigenvalue weighted by Crippen LogP contribution is 2.39. The minimum Gasteiger partial charge on any atom is -0.349 e. The van der Waals surface area contributed by atoms with Gasteiger partial charge in [-0.3, -0.25) is 9.69 Å². The van der Waals surface area contributed by atoms with Crippen LogP contribution in [0.25, 0.3) is 0 Å². The maximum atomic E-state index is 12.6. The van der Waals surface area contributed by atoms with Crippen molar-refractivity contribution in [3.63, 3.8) is 0 Å². The third-order valence-corrected chi connectivity index (χ3v) is 4.04. The molecule has 3 heteroatoms. The Bertz CT molecular complexity index is 464. The largest absolute Gasteiger partial charge is 0.349 e. The zero-order valence-electron chi connectivity index (χ0n) is 12.4. The first-order valence-electron chi connectivity index (χ1n) is 7.02. The lowest BCUT2D eigenvalue weighted by Gasteiger charge is -2.26. The van der Waals surface area contributed by atoms with Gasteiger partial charge in [0.25, 0.3) is 0 Å². The van der Waals surface area contributed by atoms with E-state index in [-0.39, 0.29) is 17.5 Å². The van der Waals surface area contributed by atoms with Gasteiger partial charge < -0.3 is 5.32 Å². The van der Waals surface area contributed by atoms with E-state index in [0.717, 1.165) is 24.8 Å². The maximum absolute atomic E-state index is 12.6. The lowest BCUT2D eigenvalue weighted by Crippen LogP contribution is -2.43. The normalized spacial score (nSPS) is 18.2. The summed E-state index contributed by atoms with van der Waals surface area (Å²) in [5.74, 6) is 0.120. The van der Waals surface area contributed by atoms with Crippen molar-refractivity contribution in [3.05, 3.63) is 35.4 Å². The Morgan fingerprint density at radius 3 is 2.58 bits per heavy atom. The van der Waals surface area contributed by atoms with Crippen molar-refractivity contribution in [2.75, 3.05) is 14.1 Å². The van der Waals surface area contributed by atoms with Crippen molar-refractivity contribution in [1.82, 2.24) is 10.2 Å². The number of carbonyl (C=O) groups excluding carboxylic acids is 1. The molecule has 0 unspecified atom stereocenters. The second kappa shape index (κ2) is 5.33. The number of likely N-dealkylation sites (N-methyl/N-ethyl adjacent to an activating group) is 1. The van der Waals surface area contributed by atoms with E-state index in [4.69, 9.17) is 0 Å². The maximum Gasteiger partial charge on any atom is 0.242 e. The molecule has 0 spiro atoms. The number of hydrogen-bond acceptors (Lipinski definition) is 2. The molecule has 1 atom stereocenters. The van der Waals surface area contributed by atoms with Gasteiger partial charge in [0.15, 0.2) is 0 Å². The number of rotatable bonds is 5. The molecule has 1 saturated carbocycles. The zero-order chi connectivity index (χ0) is 14.0. The molecule has 0 aliphatic heterocycles. The minimum absolute atomic E-state index is 0.0785. The average Bonchev–Trinajstić information content (AvgIpc) is 3.09. The Kier molecular flexibility index (Phi) is 3.95. The molecule has 1 aliphatic carbocycles. The first-order valence-corrected chi connectivity index (χ1v) is 7.02. The molecule has 2 rings (SSSR count). The van der Waals surface area contributed by atoms with Crippen molar-refractivity contribution in [2.45, 2.75) is 44.7 Å². The smallest absolute Gasteiger partial charge is 0.242 e. The van der Waals surface area contributed by atoms with Crippen LogP contribution in [0.15, 0.2) is 24.3 Å². The van der Waals surface area contributed by atoms with Crippen molar-refractivity contribution >= 4 is 5.91 Å². The highest BCUT2D eigenvalue weighted by molar-refractivity contribution is 5.84. The summed E-state index contributed by atoms with van der Waals surface area (Å²) in [5, 5.41) is 3.24. The molecule has 0 bridgehead atoms. The van der Waals surface area contributed by atoms with E-state index in [1.165, 1.54) is 5.56 Å². The van der Waals surface area contributed by atoms with Gasteiger partial charge in [-0.05, 0) is 45.8 Å². The summed E-state index contributed by atoms with van der Waals surface area (Å²) in [6.45, 7) is 4.20. The van der Waals surface area contributed by atoms with Gasteiger partial charge in [0.1, 0.15) is 6.04 Å². The highest BCUT2D eigenvalue weighted by Gasteiger charge is 2.43. The van der Waals surface area contributed by atoms with Gasteiger partial charge in [0, 0.05) is 5.54 Å². The summed E-state index contributed by atoms with van der Waals surface area (Å²) in [6.07, 6.45) is 3.25. The molecular formula is C16H24N2O. The summed E-state index contributed by atoms with van der Waals surface area (Å²) in [7, 11) is 3.91. The van der Waals surface area contributed by atoms with Crippen LogP contribution >= 0.6 is 0 Å². The molecule has 19 heavy (non-hydrogen) atoms. The number of nitrogens with one attached hydrogen (secondary N) is 1. The SMILES string of the molecule is CCC1(NC(=O)[C@@H](c2cccc(C)c2)N(C)C)CC1. The summed E-state index contributed by atoms with van der Waals surface area (Å²) in [6, 6.07) is 7.99. The molecule has 1 fully saturated rings. The lowest BCUT2D eigenvalue weighted by molar-refractivity contribution is -0.126. The number of nitrogens with zero attached hydrogens (tertiary/aromatic N) is 1. The quantitative estimate of drug-likeness (QED) is 0.882. The van der Waals surface area contributed by atoms with Crippen molar-refractivity contribution in [2.24, 2.45) is 0 Å². The summed E-state index contributed by atoms with van der Waals surface area (Å²) in [5.41, 5.74) is 2.33. The Hall–Kier alpha value is -1.35. The fourth-order valence-corrected chi connectivity index (χ4v) is 2.57. The molecule has 1 aliphatic rings. The van der Waals surface area contributed by atoms with Gasteiger partial charge >= 0.3 is 0 Å². The second-order valence-electron chi connectivity index (χ2n) is 5.90. The summed E-state index contributed by atoms with van der Waals surface area (Å²) >= 11 is 0. The first kappa shape index (κ1) is 14.1.